The van der Waals surface area contributed by atoms with Gasteiger partial charge in [-0.25, -0.2) is 4.79 Å². The highest BCUT2D eigenvalue weighted by atomic mass is 35.5. The van der Waals surface area contributed by atoms with Crippen LogP contribution in [0.2, 0.25) is 5.02 Å². The quantitative estimate of drug-likeness (QED) is 0.215. The van der Waals surface area contributed by atoms with E-state index in [4.69, 9.17) is 20.5 Å². The fourth-order valence-corrected chi connectivity index (χ4v) is 2.59. The molecule has 11 heteroatoms. The number of hydrogen-bond donors (Lipinski definition) is 0. The molecule has 154 valence electrons. The van der Waals surface area contributed by atoms with E-state index in [2.05, 4.69) is 0 Å². The Hall–Kier alpha value is -2.72. The van der Waals surface area contributed by atoms with Gasteiger partial charge in [0.05, 0.1) is 33.1 Å². The molecular formula is C18H13ClF3NO5S. The monoisotopic (exact) mass is 447 g/mol. The van der Waals surface area contributed by atoms with E-state index in [1.165, 1.54) is 18.2 Å². The number of nitro groups is 1. The van der Waals surface area contributed by atoms with Crippen molar-refractivity contribution >= 4 is 41.4 Å². The van der Waals surface area contributed by atoms with Crippen LogP contribution in [-0.4, -0.2) is 16.6 Å². The Bertz CT molecular complexity index is 950. The molecule has 0 fully saturated rings. The lowest BCUT2D eigenvalue weighted by molar-refractivity contribution is -0.385. The van der Waals surface area contributed by atoms with E-state index in [0.29, 0.717) is 11.8 Å². The fourth-order valence-electron chi connectivity index (χ4n) is 2.09. The normalized spacial score (nSPS) is 11.5. The third-order valence-electron chi connectivity index (χ3n) is 3.34. The average Bonchev–Trinajstić information content (AvgIpc) is 2.65. The minimum absolute atomic E-state index is 0.0361. The van der Waals surface area contributed by atoms with Crippen molar-refractivity contribution in [3.05, 3.63) is 68.7 Å². The molecule has 0 aliphatic heterocycles. The van der Waals surface area contributed by atoms with Crippen LogP contribution in [0.3, 0.4) is 0 Å². The molecule has 0 saturated carbocycles. The van der Waals surface area contributed by atoms with Crippen LogP contribution in [-0.2, 0) is 15.2 Å². The van der Waals surface area contributed by atoms with Crippen LogP contribution < -0.4 is 4.74 Å². The first kappa shape index (κ1) is 22.6. The number of benzene rings is 2. The van der Waals surface area contributed by atoms with Crippen LogP contribution >= 0.6 is 23.6 Å². The zero-order valence-electron chi connectivity index (χ0n) is 14.7. The lowest BCUT2D eigenvalue weighted by Gasteiger charge is -2.11. The molecule has 0 radical (unpaired) electrons. The van der Waals surface area contributed by atoms with Gasteiger partial charge in [0, 0.05) is 17.9 Å². The highest BCUT2D eigenvalue weighted by Crippen LogP contribution is 2.37. The van der Waals surface area contributed by atoms with Crippen LogP contribution in [0.1, 0.15) is 18.1 Å². The molecule has 0 N–H and O–H groups in total. The molecule has 0 aliphatic carbocycles. The van der Waals surface area contributed by atoms with Gasteiger partial charge in [-0.2, -0.15) is 13.2 Å². The van der Waals surface area contributed by atoms with Crippen LogP contribution in [0.5, 0.6) is 11.5 Å². The van der Waals surface area contributed by atoms with E-state index in [1.54, 1.807) is 6.92 Å². The van der Waals surface area contributed by atoms with Crippen molar-refractivity contribution < 1.29 is 31.8 Å². The second kappa shape index (κ2) is 9.66. The first-order chi connectivity index (χ1) is 13.6. The molecule has 6 nitrogen and oxygen atoms in total. The second-order valence-corrected chi connectivity index (χ2v) is 6.75. The maximum Gasteiger partial charge on any atom is 0.416 e. The van der Waals surface area contributed by atoms with Crippen molar-refractivity contribution in [2.45, 2.75) is 13.1 Å². The van der Waals surface area contributed by atoms with Gasteiger partial charge in [-0.1, -0.05) is 18.5 Å². The van der Waals surface area contributed by atoms with Gasteiger partial charge in [0.2, 0.25) is 0 Å². The summed E-state index contributed by atoms with van der Waals surface area (Å²) in [5.74, 6) is -0.157. The van der Waals surface area contributed by atoms with Crippen LogP contribution in [0.25, 0.3) is 6.08 Å². The Labute approximate surface area is 172 Å². The minimum Gasteiger partial charge on any atom is -0.456 e. The number of carbonyl (C=O) groups is 1. The van der Waals surface area contributed by atoms with Crippen molar-refractivity contribution in [2.75, 3.05) is 5.75 Å². The predicted octanol–water partition coefficient (Wildman–Crippen LogP) is 6.28. The molecule has 0 bridgehead atoms. The maximum atomic E-state index is 12.7. The molecule has 0 heterocycles. The summed E-state index contributed by atoms with van der Waals surface area (Å²) in [7, 11) is 0. The van der Waals surface area contributed by atoms with E-state index >= 15 is 0 Å². The van der Waals surface area contributed by atoms with Crippen molar-refractivity contribution in [1.29, 1.82) is 0 Å². The van der Waals surface area contributed by atoms with Crippen molar-refractivity contribution in [3.63, 3.8) is 0 Å². The molecule has 0 atom stereocenters. The molecule has 2 aromatic carbocycles. The summed E-state index contributed by atoms with van der Waals surface area (Å²) >= 11 is 6.76. The molecule has 0 aliphatic rings. The van der Waals surface area contributed by atoms with Gasteiger partial charge in [-0.3, -0.25) is 10.1 Å². The van der Waals surface area contributed by atoms with Gasteiger partial charge < -0.3 is 8.92 Å². The van der Waals surface area contributed by atoms with Crippen LogP contribution in [0.15, 0.2) is 42.5 Å². The molecule has 0 saturated heterocycles. The minimum atomic E-state index is -4.56. The fraction of sp³-hybridized carbons (Fsp3) is 0.167. The summed E-state index contributed by atoms with van der Waals surface area (Å²) in [6.45, 7) is 1.78. The van der Waals surface area contributed by atoms with Crippen molar-refractivity contribution in [3.8, 4) is 11.5 Å². The van der Waals surface area contributed by atoms with Gasteiger partial charge >= 0.3 is 12.1 Å². The van der Waals surface area contributed by atoms with E-state index in [0.717, 1.165) is 36.3 Å². The summed E-state index contributed by atoms with van der Waals surface area (Å²) in [6.07, 6.45) is -2.37. The van der Waals surface area contributed by atoms with Gasteiger partial charge in [0.15, 0.2) is 0 Å². The molecule has 0 aromatic heterocycles. The molecule has 2 rings (SSSR count). The molecule has 0 unspecified atom stereocenters. The van der Waals surface area contributed by atoms with Crippen molar-refractivity contribution in [2.24, 2.45) is 0 Å². The van der Waals surface area contributed by atoms with Crippen LogP contribution in [0.4, 0.5) is 18.9 Å². The molecular weight excluding hydrogens is 435 g/mol. The number of halogens is 4. The van der Waals surface area contributed by atoms with Gasteiger partial charge in [-0.15, -0.1) is 0 Å². The lowest BCUT2D eigenvalue weighted by Crippen LogP contribution is -2.04. The zero-order valence-corrected chi connectivity index (χ0v) is 16.3. The Kier molecular flexibility index (Phi) is 7.52. The lowest BCUT2D eigenvalue weighted by atomic mass is 10.1. The van der Waals surface area contributed by atoms with Gasteiger partial charge in [-0.05, 0) is 36.4 Å². The highest BCUT2D eigenvalue weighted by Gasteiger charge is 2.31. The first-order valence-electron chi connectivity index (χ1n) is 7.96. The Morgan fingerprint density at radius 1 is 1.28 bits per heavy atom. The van der Waals surface area contributed by atoms with Gasteiger partial charge in [0.25, 0.3) is 5.69 Å². The third-order valence-corrected chi connectivity index (χ3v) is 4.15. The summed E-state index contributed by atoms with van der Waals surface area (Å²) in [5, 5.41) is 10.9. The number of nitrogens with zero attached hydrogens (tertiary/aromatic N) is 1. The molecule has 29 heavy (non-hydrogen) atoms. The summed E-state index contributed by atoms with van der Waals surface area (Å²) < 4.78 is 48.4. The number of carbonyl (C=O) groups excluding carboxylic acids is 1. The Morgan fingerprint density at radius 2 is 2.00 bits per heavy atom. The van der Waals surface area contributed by atoms with Gasteiger partial charge in [0.1, 0.15) is 11.5 Å². The number of ether oxygens (including phenoxy) is 1. The topological polar surface area (TPSA) is 78.7 Å². The Morgan fingerprint density at radius 3 is 2.59 bits per heavy atom. The third kappa shape index (κ3) is 6.40. The number of rotatable bonds is 7. The standard InChI is InChI=1S/C18H13ClF3NO5S/c1-2-29-28-17(24)8-3-11-9-13(5-6-15(11)23(25)26)27-16-7-4-12(10-14(16)19)18(20,21)22/h3-10H,2H2,1H3. The zero-order chi connectivity index (χ0) is 21.6. The molecule has 0 spiro atoms. The van der Waals surface area contributed by atoms with Crippen LogP contribution in [0, 0.1) is 10.1 Å². The number of hydrogen-bond acceptors (Lipinski definition) is 6. The first-order valence-corrected chi connectivity index (χ1v) is 9.25. The largest absolute Gasteiger partial charge is 0.456 e. The summed E-state index contributed by atoms with van der Waals surface area (Å²) in [6, 6.07) is 6.21. The van der Waals surface area contributed by atoms with E-state index in [-0.39, 0.29) is 27.8 Å². The summed E-state index contributed by atoms with van der Waals surface area (Å²) in [5.41, 5.74) is -1.21. The smallest absolute Gasteiger partial charge is 0.416 e. The maximum absolute atomic E-state index is 12.7. The van der Waals surface area contributed by atoms with E-state index in [1.807, 2.05) is 0 Å². The van der Waals surface area contributed by atoms with Crippen molar-refractivity contribution in [1.82, 2.24) is 0 Å². The van der Waals surface area contributed by atoms with E-state index in [9.17, 15) is 28.1 Å². The van der Waals surface area contributed by atoms with E-state index < -0.39 is 22.6 Å². The molecule has 0 amide bonds. The summed E-state index contributed by atoms with van der Waals surface area (Å²) in [4.78, 5) is 22.1. The predicted molar refractivity (Wildman–Crippen MR) is 103 cm³/mol. The second-order valence-electron chi connectivity index (χ2n) is 5.36. The average molecular weight is 448 g/mol. The SMILES string of the molecule is CCSOC(=O)C=Cc1cc(Oc2ccc(C(F)(F)F)cc2Cl)ccc1[N+](=O)[O-]. The number of alkyl halides is 3. The highest BCUT2D eigenvalue weighted by molar-refractivity contribution is 7.95. The Balaban J connectivity index is 2.29. The number of nitro benzene ring substituents is 1. The molecule has 2 aromatic rings.